The van der Waals surface area contributed by atoms with Crippen LogP contribution in [0.15, 0.2) is 15.9 Å². The van der Waals surface area contributed by atoms with Crippen molar-refractivity contribution in [1.82, 2.24) is 19.8 Å². The molecule has 1 aromatic rings. The number of halogens is 1. The van der Waals surface area contributed by atoms with Crippen LogP contribution in [0.5, 0.6) is 0 Å². The van der Waals surface area contributed by atoms with E-state index >= 15 is 0 Å². The molecule has 5 nitrogen and oxygen atoms in total. The number of rotatable bonds is 3. The lowest BCUT2D eigenvalue weighted by Crippen LogP contribution is -2.24. The van der Waals surface area contributed by atoms with Gasteiger partial charge >= 0.3 is 5.69 Å². The van der Waals surface area contributed by atoms with Crippen molar-refractivity contribution in [2.75, 3.05) is 0 Å². The van der Waals surface area contributed by atoms with Crippen molar-refractivity contribution in [3.63, 3.8) is 0 Å². The van der Waals surface area contributed by atoms with E-state index in [1.165, 1.54) is 9.36 Å². The monoisotopic (exact) mass is 244 g/mol. The van der Waals surface area contributed by atoms with Gasteiger partial charge in [-0.05, 0) is 23.3 Å². The summed E-state index contributed by atoms with van der Waals surface area (Å²) in [5.74, 6) is 0. The summed E-state index contributed by atoms with van der Waals surface area (Å²) in [7, 11) is 0. The first kappa shape index (κ1) is 8.68. The number of hydrogen-bond donors (Lipinski definition) is 0. The lowest BCUT2D eigenvalue weighted by atomic mass is 10.6. The Morgan fingerprint density at radius 1 is 1.62 bits per heavy atom. The molecule has 0 bridgehead atoms. The Morgan fingerprint density at radius 2 is 2.31 bits per heavy atom. The summed E-state index contributed by atoms with van der Waals surface area (Å²) in [6, 6.07) is 0.282. The van der Waals surface area contributed by atoms with Gasteiger partial charge in [0.2, 0.25) is 0 Å². The highest BCUT2D eigenvalue weighted by Crippen LogP contribution is 2.32. The lowest BCUT2D eigenvalue weighted by Gasteiger charge is -1.93. The van der Waals surface area contributed by atoms with E-state index in [2.05, 4.69) is 32.9 Å². The summed E-state index contributed by atoms with van der Waals surface area (Å²) in [5, 5.41) is 7.53. The molecule has 6 heteroatoms. The molecule has 1 aliphatic carbocycles. The molecule has 0 unspecified atom stereocenters. The van der Waals surface area contributed by atoms with Crippen LogP contribution in [0, 0.1) is 0 Å². The molecule has 0 atom stereocenters. The van der Waals surface area contributed by atoms with Crippen molar-refractivity contribution >= 4 is 15.9 Å². The van der Waals surface area contributed by atoms with Crippen LogP contribution in [0.1, 0.15) is 18.9 Å². The van der Waals surface area contributed by atoms with E-state index in [1.807, 2.05) is 0 Å². The van der Waals surface area contributed by atoms with Crippen molar-refractivity contribution in [2.45, 2.75) is 25.4 Å². The number of allylic oxidation sites excluding steroid dienone is 1. The van der Waals surface area contributed by atoms with E-state index in [4.69, 9.17) is 0 Å². The smallest absolute Gasteiger partial charge is 0.244 e. The predicted octanol–water partition coefficient (Wildman–Crippen LogP) is 0.683. The molecule has 70 valence electrons. The molecule has 1 saturated carbocycles. The maximum atomic E-state index is 11.5. The van der Waals surface area contributed by atoms with Crippen LogP contribution in [-0.4, -0.2) is 19.8 Å². The van der Waals surface area contributed by atoms with Crippen LogP contribution in [-0.2, 0) is 6.54 Å². The summed E-state index contributed by atoms with van der Waals surface area (Å²) in [6.45, 7) is 4.02. The summed E-state index contributed by atoms with van der Waals surface area (Å²) in [6.07, 6.45) is 2.07. The number of nitrogens with zero attached hydrogens (tertiary/aromatic N) is 4. The summed E-state index contributed by atoms with van der Waals surface area (Å²) in [5.41, 5.74) is -0.150. The van der Waals surface area contributed by atoms with Crippen LogP contribution in [0.2, 0.25) is 0 Å². The number of hydrogen-bond acceptors (Lipinski definition) is 3. The van der Waals surface area contributed by atoms with Gasteiger partial charge in [0.05, 0.1) is 12.6 Å². The topological polar surface area (TPSA) is 52.7 Å². The molecule has 1 aromatic heterocycles. The van der Waals surface area contributed by atoms with Crippen molar-refractivity contribution in [3.8, 4) is 0 Å². The van der Waals surface area contributed by atoms with E-state index in [0.717, 1.165) is 17.3 Å². The van der Waals surface area contributed by atoms with E-state index < -0.39 is 0 Å². The second-order valence-corrected chi connectivity index (χ2v) is 4.23. The molecule has 0 saturated heterocycles. The molecular weight excluding hydrogens is 236 g/mol. The van der Waals surface area contributed by atoms with E-state index in [9.17, 15) is 4.79 Å². The third-order valence-electron chi connectivity index (χ3n) is 1.88. The van der Waals surface area contributed by atoms with Gasteiger partial charge in [-0.1, -0.05) is 22.5 Å². The fourth-order valence-corrected chi connectivity index (χ4v) is 1.33. The van der Waals surface area contributed by atoms with Crippen LogP contribution in [0.4, 0.5) is 0 Å². The molecule has 0 spiro atoms. The Balaban J connectivity index is 2.27. The quantitative estimate of drug-likeness (QED) is 0.786. The van der Waals surface area contributed by atoms with Gasteiger partial charge in [-0.25, -0.2) is 4.79 Å². The Labute approximate surface area is 83.1 Å². The molecule has 1 aliphatic rings. The first-order valence-electron chi connectivity index (χ1n) is 4.04. The van der Waals surface area contributed by atoms with Crippen LogP contribution in [0.3, 0.4) is 0 Å². The van der Waals surface area contributed by atoms with E-state index in [-0.39, 0.29) is 11.7 Å². The highest BCUT2D eigenvalue weighted by Gasteiger charge is 2.27. The number of aromatic nitrogens is 4. The second kappa shape index (κ2) is 3.10. The zero-order valence-corrected chi connectivity index (χ0v) is 8.57. The van der Waals surface area contributed by atoms with Gasteiger partial charge in [0.1, 0.15) is 0 Å². The summed E-state index contributed by atoms with van der Waals surface area (Å²) in [4.78, 5) is 11.5. The third-order valence-corrected chi connectivity index (χ3v) is 2.13. The Kier molecular flexibility index (Phi) is 2.07. The van der Waals surface area contributed by atoms with Gasteiger partial charge < -0.3 is 0 Å². The van der Waals surface area contributed by atoms with Crippen molar-refractivity contribution in [3.05, 3.63) is 21.5 Å². The first-order chi connectivity index (χ1) is 6.18. The minimum absolute atomic E-state index is 0.150. The molecule has 0 aliphatic heterocycles. The van der Waals surface area contributed by atoms with Crippen LogP contribution >= 0.6 is 15.9 Å². The van der Waals surface area contributed by atoms with Gasteiger partial charge in [-0.3, -0.25) is 0 Å². The number of tetrazole rings is 1. The minimum Gasteiger partial charge on any atom is -0.244 e. The lowest BCUT2D eigenvalue weighted by molar-refractivity contribution is 0.593. The molecule has 2 rings (SSSR count). The molecule has 0 N–H and O–H groups in total. The summed E-state index contributed by atoms with van der Waals surface area (Å²) >= 11 is 3.18. The van der Waals surface area contributed by atoms with Crippen LogP contribution in [0.25, 0.3) is 0 Å². The fourth-order valence-electron chi connectivity index (χ4n) is 1.10. The normalized spacial score (nSPS) is 16.1. The third kappa shape index (κ3) is 1.72. The minimum atomic E-state index is -0.150. The predicted molar refractivity (Wildman–Crippen MR) is 50.6 cm³/mol. The Hall–Kier alpha value is -0.910. The fraction of sp³-hybridized carbons (Fsp3) is 0.571. The standard InChI is InChI=1S/C7H9BrN4O/c1-5(8)4-11-7(13)12(10-9-11)6-2-3-6/h6H,1-4H2. The first-order valence-corrected chi connectivity index (χ1v) is 4.83. The second-order valence-electron chi connectivity index (χ2n) is 3.11. The molecule has 13 heavy (non-hydrogen) atoms. The van der Waals surface area contributed by atoms with Gasteiger partial charge in [0.25, 0.3) is 0 Å². The van der Waals surface area contributed by atoms with Gasteiger partial charge in [0, 0.05) is 4.48 Å². The van der Waals surface area contributed by atoms with Gasteiger partial charge in [-0.2, -0.15) is 9.36 Å². The van der Waals surface area contributed by atoms with Crippen molar-refractivity contribution < 1.29 is 0 Å². The zero-order valence-electron chi connectivity index (χ0n) is 6.98. The maximum absolute atomic E-state index is 11.5. The summed E-state index contributed by atoms with van der Waals surface area (Å²) < 4.78 is 3.46. The molecular formula is C7H9BrN4O. The van der Waals surface area contributed by atoms with Crippen LogP contribution < -0.4 is 5.69 Å². The zero-order chi connectivity index (χ0) is 9.42. The van der Waals surface area contributed by atoms with Crippen molar-refractivity contribution in [1.29, 1.82) is 0 Å². The maximum Gasteiger partial charge on any atom is 0.364 e. The highest BCUT2D eigenvalue weighted by molar-refractivity contribution is 9.11. The molecule has 0 amide bonds. The van der Waals surface area contributed by atoms with Crippen molar-refractivity contribution in [2.24, 2.45) is 0 Å². The van der Waals surface area contributed by atoms with Gasteiger partial charge in [-0.15, -0.1) is 0 Å². The van der Waals surface area contributed by atoms with E-state index in [0.29, 0.717) is 6.54 Å². The van der Waals surface area contributed by atoms with E-state index in [1.54, 1.807) is 0 Å². The largest absolute Gasteiger partial charge is 0.364 e. The SMILES string of the molecule is C=C(Br)Cn1nnn(C2CC2)c1=O. The average molecular weight is 245 g/mol. The van der Waals surface area contributed by atoms with Gasteiger partial charge in [0.15, 0.2) is 0 Å². The molecule has 0 aromatic carbocycles. The molecule has 1 fully saturated rings. The average Bonchev–Trinajstić information content (AvgIpc) is 2.81. The Bertz CT molecular complexity index is 389. The molecule has 1 heterocycles. The Morgan fingerprint density at radius 3 is 2.85 bits per heavy atom. The molecule has 0 radical (unpaired) electrons. The highest BCUT2D eigenvalue weighted by atomic mass is 79.9.